The van der Waals surface area contributed by atoms with Gasteiger partial charge in [0.05, 0.1) is 12.7 Å². The van der Waals surface area contributed by atoms with Crippen molar-refractivity contribution in [3.8, 4) is 0 Å². The fraction of sp³-hybridized carbons (Fsp3) is 1.00. The molecule has 1 aliphatic rings. The summed E-state index contributed by atoms with van der Waals surface area (Å²) in [5.41, 5.74) is 5.75. The van der Waals surface area contributed by atoms with Gasteiger partial charge in [-0.3, -0.25) is 4.90 Å². The zero-order valence-electron chi connectivity index (χ0n) is 10.5. The van der Waals surface area contributed by atoms with E-state index in [1.807, 2.05) is 0 Å². The van der Waals surface area contributed by atoms with Crippen LogP contribution >= 0.6 is 0 Å². The van der Waals surface area contributed by atoms with Gasteiger partial charge in [-0.05, 0) is 31.3 Å². The highest BCUT2D eigenvalue weighted by Crippen LogP contribution is 2.25. The summed E-state index contributed by atoms with van der Waals surface area (Å²) in [6, 6.07) is 0. The van der Waals surface area contributed by atoms with Crippen LogP contribution in [0.15, 0.2) is 0 Å². The number of nitrogens with zero attached hydrogens (tertiary/aromatic N) is 1. The van der Waals surface area contributed by atoms with Gasteiger partial charge in [-0.25, -0.2) is 0 Å². The predicted molar refractivity (Wildman–Crippen MR) is 63.9 cm³/mol. The van der Waals surface area contributed by atoms with Crippen LogP contribution in [0.3, 0.4) is 0 Å². The molecular weight excluding hydrogens is 188 g/mol. The van der Waals surface area contributed by atoms with Gasteiger partial charge < -0.3 is 10.5 Å². The van der Waals surface area contributed by atoms with Crippen LogP contribution in [-0.2, 0) is 4.74 Å². The minimum Gasteiger partial charge on any atom is -0.375 e. The van der Waals surface area contributed by atoms with Crippen LogP contribution in [0.5, 0.6) is 0 Å². The molecule has 1 rings (SSSR count). The molecule has 1 saturated heterocycles. The monoisotopic (exact) mass is 214 g/mol. The standard InChI is InChI=1S/C12H26N2O/c1-12(2,3)11-10-14(8-9-15-11)7-5-4-6-13/h11H,4-10,13H2,1-3H3. The van der Waals surface area contributed by atoms with Gasteiger partial charge in [-0.1, -0.05) is 20.8 Å². The molecule has 0 aromatic rings. The van der Waals surface area contributed by atoms with E-state index in [0.29, 0.717) is 6.10 Å². The minimum atomic E-state index is 0.256. The van der Waals surface area contributed by atoms with Crippen molar-refractivity contribution in [3.63, 3.8) is 0 Å². The molecule has 0 bridgehead atoms. The van der Waals surface area contributed by atoms with Crippen LogP contribution in [0.2, 0.25) is 0 Å². The van der Waals surface area contributed by atoms with E-state index in [1.54, 1.807) is 0 Å². The largest absolute Gasteiger partial charge is 0.375 e. The molecule has 90 valence electrons. The molecule has 1 fully saturated rings. The van der Waals surface area contributed by atoms with Crippen molar-refractivity contribution in [2.24, 2.45) is 11.1 Å². The van der Waals surface area contributed by atoms with Crippen molar-refractivity contribution >= 4 is 0 Å². The molecule has 1 unspecified atom stereocenters. The summed E-state index contributed by atoms with van der Waals surface area (Å²) < 4.78 is 5.81. The van der Waals surface area contributed by atoms with Gasteiger partial charge in [0, 0.05) is 13.1 Å². The first-order valence-electron chi connectivity index (χ1n) is 6.08. The van der Waals surface area contributed by atoms with E-state index in [0.717, 1.165) is 32.7 Å². The third-order valence-electron chi connectivity index (χ3n) is 3.04. The first-order valence-corrected chi connectivity index (χ1v) is 6.08. The fourth-order valence-electron chi connectivity index (χ4n) is 1.91. The molecule has 0 spiro atoms. The van der Waals surface area contributed by atoms with Crippen LogP contribution in [0.1, 0.15) is 33.6 Å². The predicted octanol–water partition coefficient (Wildman–Crippen LogP) is 1.47. The molecule has 1 heterocycles. The Morgan fingerprint density at radius 2 is 2.07 bits per heavy atom. The second-order valence-corrected chi connectivity index (χ2v) is 5.52. The maximum absolute atomic E-state index is 5.81. The highest BCUT2D eigenvalue weighted by atomic mass is 16.5. The topological polar surface area (TPSA) is 38.5 Å². The molecule has 0 aliphatic carbocycles. The van der Waals surface area contributed by atoms with Crippen molar-refractivity contribution in [3.05, 3.63) is 0 Å². The van der Waals surface area contributed by atoms with Gasteiger partial charge in [0.15, 0.2) is 0 Å². The molecular formula is C12H26N2O. The summed E-state index contributed by atoms with van der Waals surface area (Å²) in [6.07, 6.45) is 2.73. The fourth-order valence-corrected chi connectivity index (χ4v) is 1.91. The van der Waals surface area contributed by atoms with Gasteiger partial charge in [-0.2, -0.15) is 0 Å². The second-order valence-electron chi connectivity index (χ2n) is 5.52. The highest BCUT2D eigenvalue weighted by molar-refractivity contribution is 4.81. The number of rotatable bonds is 4. The molecule has 15 heavy (non-hydrogen) atoms. The Kier molecular flexibility index (Phi) is 5.03. The number of unbranched alkanes of at least 4 members (excludes halogenated alkanes) is 1. The van der Waals surface area contributed by atoms with E-state index in [4.69, 9.17) is 10.5 Å². The molecule has 0 saturated carbocycles. The first-order chi connectivity index (χ1) is 7.04. The molecule has 0 aromatic heterocycles. The average Bonchev–Trinajstić information content (AvgIpc) is 2.17. The summed E-state index contributed by atoms with van der Waals surface area (Å²) in [5, 5.41) is 0. The van der Waals surface area contributed by atoms with E-state index in [2.05, 4.69) is 25.7 Å². The molecule has 0 radical (unpaired) electrons. The summed E-state index contributed by atoms with van der Waals surface area (Å²) in [6.45, 7) is 11.8. The van der Waals surface area contributed by atoms with Gasteiger partial charge in [0.2, 0.25) is 0 Å². The molecule has 0 aromatic carbocycles. The van der Waals surface area contributed by atoms with E-state index >= 15 is 0 Å². The third-order valence-corrected chi connectivity index (χ3v) is 3.04. The zero-order chi connectivity index (χ0) is 11.3. The molecule has 1 aliphatic heterocycles. The second kappa shape index (κ2) is 5.83. The zero-order valence-corrected chi connectivity index (χ0v) is 10.5. The first kappa shape index (κ1) is 12.9. The lowest BCUT2D eigenvalue weighted by molar-refractivity contribution is -0.0795. The maximum atomic E-state index is 5.81. The van der Waals surface area contributed by atoms with Crippen LogP contribution in [0, 0.1) is 5.41 Å². The number of ether oxygens (including phenoxy) is 1. The molecule has 3 nitrogen and oxygen atoms in total. The lowest BCUT2D eigenvalue weighted by Gasteiger charge is -2.39. The number of hydrogen-bond donors (Lipinski definition) is 1. The molecule has 1 atom stereocenters. The Balaban J connectivity index is 2.29. The maximum Gasteiger partial charge on any atom is 0.0750 e. The molecule has 0 amide bonds. The Morgan fingerprint density at radius 3 is 2.67 bits per heavy atom. The average molecular weight is 214 g/mol. The summed E-state index contributed by atoms with van der Waals surface area (Å²) in [7, 11) is 0. The van der Waals surface area contributed by atoms with Crippen LogP contribution in [0.4, 0.5) is 0 Å². The summed E-state index contributed by atoms with van der Waals surface area (Å²) in [4.78, 5) is 2.51. The van der Waals surface area contributed by atoms with E-state index in [9.17, 15) is 0 Å². The minimum absolute atomic E-state index is 0.256. The third kappa shape index (κ3) is 4.49. The lowest BCUT2D eigenvalue weighted by Crippen LogP contribution is -2.48. The van der Waals surface area contributed by atoms with Crippen molar-refractivity contribution in [1.29, 1.82) is 0 Å². The van der Waals surface area contributed by atoms with Crippen LogP contribution in [0.25, 0.3) is 0 Å². The summed E-state index contributed by atoms with van der Waals surface area (Å²) >= 11 is 0. The number of hydrogen-bond acceptors (Lipinski definition) is 3. The van der Waals surface area contributed by atoms with E-state index in [-0.39, 0.29) is 5.41 Å². The quantitative estimate of drug-likeness (QED) is 0.720. The Bertz CT molecular complexity index is 177. The summed E-state index contributed by atoms with van der Waals surface area (Å²) in [5.74, 6) is 0. The number of morpholine rings is 1. The normalized spacial score (nSPS) is 24.4. The lowest BCUT2D eigenvalue weighted by atomic mass is 9.88. The SMILES string of the molecule is CC(C)(C)C1CN(CCCCN)CCO1. The van der Waals surface area contributed by atoms with Crippen molar-refractivity contribution in [2.45, 2.75) is 39.7 Å². The van der Waals surface area contributed by atoms with E-state index < -0.39 is 0 Å². The van der Waals surface area contributed by atoms with Gasteiger partial charge in [0.1, 0.15) is 0 Å². The molecule has 3 heteroatoms. The van der Waals surface area contributed by atoms with E-state index in [1.165, 1.54) is 13.0 Å². The highest BCUT2D eigenvalue weighted by Gasteiger charge is 2.30. The Hall–Kier alpha value is -0.120. The number of nitrogens with two attached hydrogens (primary N) is 1. The van der Waals surface area contributed by atoms with Gasteiger partial charge in [0.25, 0.3) is 0 Å². The van der Waals surface area contributed by atoms with Gasteiger partial charge in [-0.15, -0.1) is 0 Å². The van der Waals surface area contributed by atoms with Crippen molar-refractivity contribution in [2.75, 3.05) is 32.8 Å². The van der Waals surface area contributed by atoms with Crippen molar-refractivity contribution < 1.29 is 4.74 Å². The van der Waals surface area contributed by atoms with Gasteiger partial charge >= 0.3 is 0 Å². The Morgan fingerprint density at radius 1 is 1.33 bits per heavy atom. The van der Waals surface area contributed by atoms with Crippen molar-refractivity contribution in [1.82, 2.24) is 4.90 Å². The smallest absolute Gasteiger partial charge is 0.0750 e. The molecule has 2 N–H and O–H groups in total. The van der Waals surface area contributed by atoms with Crippen LogP contribution in [-0.4, -0.2) is 43.8 Å². The van der Waals surface area contributed by atoms with Crippen LogP contribution < -0.4 is 5.73 Å². The Labute approximate surface area is 94.0 Å².